The monoisotopic (exact) mass is 274 g/mol. The van der Waals surface area contributed by atoms with Crippen LogP contribution in [0.25, 0.3) is 0 Å². The van der Waals surface area contributed by atoms with E-state index in [-0.39, 0.29) is 6.04 Å². The van der Waals surface area contributed by atoms with Crippen molar-refractivity contribution in [2.24, 2.45) is 0 Å². The van der Waals surface area contributed by atoms with Gasteiger partial charge >= 0.3 is 0 Å². The number of hydrogen-bond donors (Lipinski definition) is 2. The highest BCUT2D eigenvalue weighted by molar-refractivity contribution is 7.91. The highest BCUT2D eigenvalue weighted by Crippen LogP contribution is 2.22. The van der Waals surface area contributed by atoms with Crippen LogP contribution in [-0.4, -0.2) is 27.5 Å². The van der Waals surface area contributed by atoms with Gasteiger partial charge in [0.2, 0.25) is 10.0 Å². The Morgan fingerprint density at radius 1 is 1.53 bits per heavy atom. The van der Waals surface area contributed by atoms with Crippen LogP contribution in [0.5, 0.6) is 0 Å². The third kappa shape index (κ3) is 3.28. The van der Waals surface area contributed by atoms with Crippen molar-refractivity contribution in [3.63, 3.8) is 0 Å². The highest BCUT2D eigenvalue weighted by Gasteiger charge is 2.22. The van der Waals surface area contributed by atoms with Crippen molar-refractivity contribution < 1.29 is 8.42 Å². The molecule has 6 heteroatoms. The van der Waals surface area contributed by atoms with E-state index in [1.807, 2.05) is 13.0 Å². The van der Waals surface area contributed by atoms with Gasteiger partial charge in [-0.15, -0.1) is 11.3 Å². The van der Waals surface area contributed by atoms with Gasteiger partial charge in [0.05, 0.1) is 0 Å². The fourth-order valence-corrected chi connectivity index (χ4v) is 4.51. The van der Waals surface area contributed by atoms with Gasteiger partial charge < -0.3 is 5.32 Å². The van der Waals surface area contributed by atoms with Crippen molar-refractivity contribution in [1.82, 2.24) is 10.0 Å². The SMILES string of the molecule is CCc1ccc(S(=O)(=O)N[C@H]2CCCNC2)s1. The van der Waals surface area contributed by atoms with E-state index in [1.54, 1.807) is 6.07 Å². The average molecular weight is 274 g/mol. The topological polar surface area (TPSA) is 58.2 Å². The molecule has 0 radical (unpaired) electrons. The molecule has 1 saturated heterocycles. The van der Waals surface area contributed by atoms with Gasteiger partial charge in [-0.05, 0) is 37.9 Å². The molecule has 0 bridgehead atoms. The Morgan fingerprint density at radius 3 is 2.94 bits per heavy atom. The molecule has 0 aliphatic carbocycles. The lowest BCUT2D eigenvalue weighted by molar-refractivity contribution is 0.429. The van der Waals surface area contributed by atoms with Gasteiger partial charge in [-0.1, -0.05) is 6.92 Å². The van der Waals surface area contributed by atoms with Gasteiger partial charge in [0.25, 0.3) is 0 Å². The van der Waals surface area contributed by atoms with Gasteiger partial charge in [0.15, 0.2) is 0 Å². The molecule has 0 spiro atoms. The number of aryl methyl sites for hydroxylation is 1. The number of rotatable bonds is 4. The van der Waals surface area contributed by atoms with Crippen molar-refractivity contribution in [2.75, 3.05) is 13.1 Å². The summed E-state index contributed by atoms with van der Waals surface area (Å²) in [4.78, 5) is 1.10. The van der Waals surface area contributed by atoms with Crippen LogP contribution in [0.15, 0.2) is 16.3 Å². The van der Waals surface area contributed by atoms with Crippen LogP contribution < -0.4 is 10.0 Å². The molecule has 1 aromatic heterocycles. The molecule has 0 amide bonds. The lowest BCUT2D eigenvalue weighted by Crippen LogP contribution is -2.45. The fraction of sp³-hybridized carbons (Fsp3) is 0.636. The molecular formula is C11H18N2O2S2. The van der Waals surface area contributed by atoms with Crippen LogP contribution in [0.3, 0.4) is 0 Å². The molecule has 0 saturated carbocycles. The summed E-state index contributed by atoms with van der Waals surface area (Å²) in [5, 5.41) is 3.20. The second kappa shape index (κ2) is 5.48. The Balaban J connectivity index is 2.07. The predicted octanol–water partition coefficient (Wildman–Crippen LogP) is 1.34. The average Bonchev–Trinajstić information content (AvgIpc) is 2.79. The maximum absolute atomic E-state index is 12.1. The molecule has 2 heterocycles. The molecule has 2 rings (SSSR count). The van der Waals surface area contributed by atoms with E-state index < -0.39 is 10.0 Å². The molecule has 1 fully saturated rings. The Hall–Kier alpha value is -0.430. The summed E-state index contributed by atoms with van der Waals surface area (Å²) >= 11 is 1.36. The summed E-state index contributed by atoms with van der Waals surface area (Å²) in [6.07, 6.45) is 2.82. The van der Waals surface area contributed by atoms with Gasteiger partial charge in [0.1, 0.15) is 4.21 Å². The van der Waals surface area contributed by atoms with E-state index >= 15 is 0 Å². The van der Waals surface area contributed by atoms with Crippen molar-refractivity contribution in [3.8, 4) is 0 Å². The molecule has 0 unspecified atom stereocenters. The molecule has 96 valence electrons. The minimum absolute atomic E-state index is 0.0286. The second-order valence-electron chi connectivity index (χ2n) is 4.24. The first-order valence-corrected chi connectivity index (χ1v) is 8.23. The maximum Gasteiger partial charge on any atom is 0.250 e. The van der Waals surface area contributed by atoms with Crippen LogP contribution >= 0.6 is 11.3 Å². The summed E-state index contributed by atoms with van der Waals surface area (Å²) in [5.41, 5.74) is 0. The largest absolute Gasteiger partial charge is 0.315 e. The molecule has 17 heavy (non-hydrogen) atoms. The number of sulfonamides is 1. The van der Waals surface area contributed by atoms with E-state index in [0.29, 0.717) is 4.21 Å². The first-order chi connectivity index (χ1) is 8.12. The number of nitrogens with one attached hydrogen (secondary N) is 2. The Labute approximate surface area is 106 Å². The van der Waals surface area contributed by atoms with Crippen LogP contribution in [0.1, 0.15) is 24.6 Å². The van der Waals surface area contributed by atoms with Gasteiger partial charge in [0, 0.05) is 17.5 Å². The molecule has 2 N–H and O–H groups in total. The number of hydrogen-bond acceptors (Lipinski definition) is 4. The quantitative estimate of drug-likeness (QED) is 0.871. The Morgan fingerprint density at radius 2 is 2.35 bits per heavy atom. The molecule has 1 aliphatic rings. The Bertz CT molecular complexity index is 462. The molecule has 1 aliphatic heterocycles. The van der Waals surface area contributed by atoms with E-state index in [4.69, 9.17) is 0 Å². The van der Waals surface area contributed by atoms with Gasteiger partial charge in [-0.2, -0.15) is 0 Å². The van der Waals surface area contributed by atoms with Gasteiger partial charge in [-0.3, -0.25) is 0 Å². The molecule has 1 aromatic rings. The highest BCUT2D eigenvalue weighted by atomic mass is 32.2. The summed E-state index contributed by atoms with van der Waals surface area (Å²) in [5.74, 6) is 0. The van der Waals surface area contributed by atoms with E-state index in [0.717, 1.165) is 37.2 Å². The summed E-state index contributed by atoms with van der Waals surface area (Å²) < 4.78 is 27.4. The number of piperidine rings is 1. The predicted molar refractivity (Wildman–Crippen MR) is 69.9 cm³/mol. The van der Waals surface area contributed by atoms with Crippen molar-refractivity contribution in [1.29, 1.82) is 0 Å². The molecule has 4 nitrogen and oxygen atoms in total. The molecular weight excluding hydrogens is 256 g/mol. The third-order valence-corrected chi connectivity index (χ3v) is 6.11. The third-order valence-electron chi connectivity index (χ3n) is 2.87. The fourth-order valence-electron chi connectivity index (χ4n) is 1.92. The Kier molecular flexibility index (Phi) is 4.19. The molecule has 1 atom stereocenters. The van der Waals surface area contributed by atoms with Crippen LogP contribution in [0.2, 0.25) is 0 Å². The number of thiophene rings is 1. The summed E-state index contributed by atoms with van der Waals surface area (Å²) in [7, 11) is -3.32. The lowest BCUT2D eigenvalue weighted by Gasteiger charge is -2.23. The summed E-state index contributed by atoms with van der Waals surface area (Å²) in [6.45, 7) is 3.74. The first kappa shape index (κ1) is 13.0. The van der Waals surface area contributed by atoms with Crippen LogP contribution in [0, 0.1) is 0 Å². The normalized spacial score (nSPS) is 21.6. The first-order valence-electron chi connectivity index (χ1n) is 5.93. The van der Waals surface area contributed by atoms with Crippen LogP contribution in [0.4, 0.5) is 0 Å². The van der Waals surface area contributed by atoms with Crippen LogP contribution in [-0.2, 0) is 16.4 Å². The smallest absolute Gasteiger partial charge is 0.250 e. The maximum atomic E-state index is 12.1. The van der Waals surface area contributed by atoms with Crippen molar-refractivity contribution in [3.05, 3.63) is 17.0 Å². The second-order valence-corrected chi connectivity index (χ2v) is 7.35. The zero-order valence-corrected chi connectivity index (χ0v) is 11.5. The van der Waals surface area contributed by atoms with E-state index in [9.17, 15) is 8.42 Å². The minimum atomic E-state index is -3.32. The zero-order valence-electron chi connectivity index (χ0n) is 9.90. The van der Waals surface area contributed by atoms with Gasteiger partial charge in [-0.25, -0.2) is 13.1 Å². The molecule has 0 aromatic carbocycles. The van der Waals surface area contributed by atoms with Crippen molar-refractivity contribution in [2.45, 2.75) is 36.4 Å². The van der Waals surface area contributed by atoms with E-state index in [2.05, 4.69) is 10.0 Å². The summed E-state index contributed by atoms with van der Waals surface area (Å²) in [6, 6.07) is 3.61. The standard InChI is InChI=1S/C11H18N2O2S2/c1-2-10-5-6-11(16-10)17(14,15)13-9-4-3-7-12-8-9/h5-6,9,12-13H,2-4,7-8H2,1H3/t9-/m0/s1. The zero-order chi connectivity index (χ0) is 12.3. The lowest BCUT2D eigenvalue weighted by atomic mass is 10.1. The van der Waals surface area contributed by atoms with E-state index in [1.165, 1.54) is 11.3 Å². The minimum Gasteiger partial charge on any atom is -0.315 e. The van der Waals surface area contributed by atoms with Crippen molar-refractivity contribution >= 4 is 21.4 Å².